The number of benzene rings is 2. The number of carbonyl (C=O) groups is 1. The first kappa shape index (κ1) is 20.1. The minimum absolute atomic E-state index is 0.0374. The molecule has 4 N–H and O–H groups in total. The molecular formula is C22H31N5O. The van der Waals surface area contributed by atoms with Crippen molar-refractivity contribution >= 4 is 22.6 Å². The number of piperazine rings is 1. The first-order valence-electron chi connectivity index (χ1n) is 10.1. The van der Waals surface area contributed by atoms with Gasteiger partial charge in [0.1, 0.15) is 0 Å². The van der Waals surface area contributed by atoms with E-state index in [0.29, 0.717) is 6.54 Å². The van der Waals surface area contributed by atoms with Gasteiger partial charge in [-0.15, -0.1) is 0 Å². The summed E-state index contributed by atoms with van der Waals surface area (Å²) >= 11 is 0. The van der Waals surface area contributed by atoms with E-state index in [1.54, 1.807) is 0 Å². The summed E-state index contributed by atoms with van der Waals surface area (Å²) < 4.78 is 0. The number of carbonyl (C=O) groups excluding carboxylic acids is 1. The second kappa shape index (κ2) is 9.55. The highest BCUT2D eigenvalue weighted by molar-refractivity contribution is 5.83. The van der Waals surface area contributed by atoms with Gasteiger partial charge in [-0.25, -0.2) is 0 Å². The van der Waals surface area contributed by atoms with Crippen LogP contribution in [-0.4, -0.2) is 60.9 Å². The van der Waals surface area contributed by atoms with E-state index in [0.717, 1.165) is 45.3 Å². The minimum atomic E-state index is -0.0374. The molecule has 0 unspecified atom stereocenters. The maximum atomic E-state index is 13.0. The molecule has 3 rings (SSSR count). The van der Waals surface area contributed by atoms with Crippen molar-refractivity contribution in [2.45, 2.75) is 31.7 Å². The summed E-state index contributed by atoms with van der Waals surface area (Å²) in [5, 5.41) is 2.51. The quantitative estimate of drug-likeness (QED) is 0.416. The second-order valence-electron chi connectivity index (χ2n) is 7.56. The Morgan fingerprint density at radius 3 is 2.68 bits per heavy atom. The summed E-state index contributed by atoms with van der Waals surface area (Å²) in [7, 11) is 2.04. The first-order valence-corrected chi connectivity index (χ1v) is 10.1. The molecule has 1 heterocycles. The summed E-state index contributed by atoms with van der Waals surface area (Å²) in [6.45, 7) is 3.11. The van der Waals surface area contributed by atoms with E-state index in [1.807, 2.05) is 11.9 Å². The molecule has 0 bridgehead atoms. The summed E-state index contributed by atoms with van der Waals surface area (Å²) in [5.74, 6) is 0.377. The van der Waals surface area contributed by atoms with Crippen LogP contribution in [0.25, 0.3) is 10.8 Å². The third kappa shape index (κ3) is 5.23. The maximum absolute atomic E-state index is 13.0. The Labute approximate surface area is 167 Å². The Kier molecular flexibility index (Phi) is 6.87. The smallest absolute Gasteiger partial charge is 0.239 e. The number of amides is 1. The molecule has 0 radical (unpaired) electrons. The SMILES string of the molecule is CN1CCN(CCc2ccc3ccccc3c2)C(=O)[C@@H]1CCCCN=C(N)N. The van der Waals surface area contributed by atoms with Gasteiger partial charge >= 0.3 is 0 Å². The molecular weight excluding hydrogens is 350 g/mol. The van der Waals surface area contributed by atoms with Crippen LogP contribution in [0.4, 0.5) is 0 Å². The molecule has 2 aromatic carbocycles. The Balaban J connectivity index is 1.53. The number of nitrogens with two attached hydrogens (primary N) is 2. The third-order valence-corrected chi connectivity index (χ3v) is 5.52. The van der Waals surface area contributed by atoms with Crippen LogP contribution in [0.3, 0.4) is 0 Å². The number of guanidine groups is 1. The van der Waals surface area contributed by atoms with Crippen LogP contribution in [0.15, 0.2) is 47.5 Å². The average Bonchev–Trinajstić information content (AvgIpc) is 2.69. The molecule has 6 nitrogen and oxygen atoms in total. The molecule has 28 heavy (non-hydrogen) atoms. The fraction of sp³-hybridized carbons (Fsp3) is 0.455. The van der Waals surface area contributed by atoms with Gasteiger partial charge in [-0.2, -0.15) is 0 Å². The molecule has 150 valence electrons. The first-order chi connectivity index (χ1) is 13.5. The normalized spacial score (nSPS) is 17.8. The molecule has 0 aliphatic carbocycles. The van der Waals surface area contributed by atoms with Crippen molar-refractivity contribution in [2.75, 3.05) is 33.2 Å². The summed E-state index contributed by atoms with van der Waals surface area (Å²) in [4.78, 5) is 21.2. The molecule has 0 saturated carbocycles. The summed E-state index contributed by atoms with van der Waals surface area (Å²) in [5.41, 5.74) is 12.0. The number of hydrogen-bond acceptors (Lipinski definition) is 3. The zero-order valence-corrected chi connectivity index (χ0v) is 16.7. The largest absolute Gasteiger partial charge is 0.370 e. The fourth-order valence-electron chi connectivity index (χ4n) is 3.83. The van der Waals surface area contributed by atoms with E-state index in [4.69, 9.17) is 11.5 Å². The molecule has 0 aromatic heterocycles. The van der Waals surface area contributed by atoms with E-state index in [1.165, 1.54) is 16.3 Å². The number of fused-ring (bicyclic) bond motifs is 1. The van der Waals surface area contributed by atoms with Crippen molar-refractivity contribution in [3.05, 3.63) is 48.0 Å². The molecule has 0 spiro atoms. The average molecular weight is 382 g/mol. The van der Waals surface area contributed by atoms with Crippen molar-refractivity contribution in [3.8, 4) is 0 Å². The highest BCUT2D eigenvalue weighted by Crippen LogP contribution is 2.18. The molecule has 1 aliphatic rings. The van der Waals surface area contributed by atoms with Crippen LogP contribution in [0, 0.1) is 0 Å². The van der Waals surface area contributed by atoms with Gasteiger partial charge in [-0.05, 0) is 49.1 Å². The molecule has 6 heteroatoms. The summed E-state index contributed by atoms with van der Waals surface area (Å²) in [6, 6.07) is 14.9. The van der Waals surface area contributed by atoms with Crippen LogP contribution in [0.1, 0.15) is 24.8 Å². The van der Waals surface area contributed by atoms with E-state index in [2.05, 4.69) is 52.4 Å². The zero-order chi connectivity index (χ0) is 19.9. The van der Waals surface area contributed by atoms with Gasteiger partial charge < -0.3 is 16.4 Å². The predicted octanol–water partition coefficient (Wildman–Crippen LogP) is 1.97. The number of nitrogens with zero attached hydrogens (tertiary/aromatic N) is 3. The van der Waals surface area contributed by atoms with E-state index in [9.17, 15) is 4.79 Å². The molecule has 1 amide bonds. The monoisotopic (exact) mass is 381 g/mol. The van der Waals surface area contributed by atoms with Gasteiger partial charge in [0.15, 0.2) is 5.96 Å². The maximum Gasteiger partial charge on any atom is 0.239 e. The van der Waals surface area contributed by atoms with Crippen LogP contribution in [0.5, 0.6) is 0 Å². The fourth-order valence-corrected chi connectivity index (χ4v) is 3.83. The molecule has 1 fully saturated rings. The van der Waals surface area contributed by atoms with Gasteiger partial charge in [0.25, 0.3) is 0 Å². The summed E-state index contributed by atoms with van der Waals surface area (Å²) in [6.07, 6.45) is 3.57. The van der Waals surface area contributed by atoms with Crippen molar-refractivity contribution in [1.82, 2.24) is 9.80 Å². The Hall–Kier alpha value is -2.60. The van der Waals surface area contributed by atoms with E-state index in [-0.39, 0.29) is 17.9 Å². The van der Waals surface area contributed by atoms with Crippen LogP contribution >= 0.6 is 0 Å². The number of unbranched alkanes of at least 4 members (excludes halogenated alkanes) is 1. The lowest BCUT2D eigenvalue weighted by molar-refractivity contribution is -0.141. The van der Waals surface area contributed by atoms with Crippen LogP contribution < -0.4 is 11.5 Å². The Morgan fingerprint density at radius 2 is 1.89 bits per heavy atom. The van der Waals surface area contributed by atoms with Crippen LogP contribution in [-0.2, 0) is 11.2 Å². The van der Waals surface area contributed by atoms with Crippen molar-refractivity contribution in [2.24, 2.45) is 16.5 Å². The lowest BCUT2D eigenvalue weighted by atomic mass is 10.0. The lowest BCUT2D eigenvalue weighted by Crippen LogP contribution is -2.55. The van der Waals surface area contributed by atoms with Crippen LogP contribution in [0.2, 0.25) is 0 Å². The van der Waals surface area contributed by atoms with Gasteiger partial charge in [0.2, 0.25) is 5.91 Å². The van der Waals surface area contributed by atoms with Gasteiger partial charge in [0, 0.05) is 26.2 Å². The van der Waals surface area contributed by atoms with Crippen molar-refractivity contribution in [1.29, 1.82) is 0 Å². The highest BCUT2D eigenvalue weighted by Gasteiger charge is 2.31. The molecule has 1 saturated heterocycles. The van der Waals surface area contributed by atoms with Crippen molar-refractivity contribution in [3.63, 3.8) is 0 Å². The minimum Gasteiger partial charge on any atom is -0.370 e. The Bertz CT molecular complexity index is 831. The van der Waals surface area contributed by atoms with E-state index >= 15 is 0 Å². The van der Waals surface area contributed by atoms with Gasteiger partial charge in [-0.3, -0.25) is 14.7 Å². The topological polar surface area (TPSA) is 87.9 Å². The van der Waals surface area contributed by atoms with Crippen molar-refractivity contribution < 1.29 is 4.79 Å². The third-order valence-electron chi connectivity index (χ3n) is 5.52. The number of rotatable bonds is 8. The van der Waals surface area contributed by atoms with Gasteiger partial charge in [-0.1, -0.05) is 42.5 Å². The van der Waals surface area contributed by atoms with E-state index < -0.39 is 0 Å². The lowest BCUT2D eigenvalue weighted by Gasteiger charge is -2.39. The predicted molar refractivity (Wildman–Crippen MR) is 115 cm³/mol. The van der Waals surface area contributed by atoms with Gasteiger partial charge in [0.05, 0.1) is 6.04 Å². The second-order valence-corrected chi connectivity index (χ2v) is 7.56. The highest BCUT2D eigenvalue weighted by atomic mass is 16.2. The Morgan fingerprint density at radius 1 is 1.11 bits per heavy atom. The number of likely N-dealkylation sites (N-methyl/N-ethyl adjacent to an activating group) is 1. The zero-order valence-electron chi connectivity index (χ0n) is 16.7. The molecule has 2 aromatic rings. The molecule has 1 atom stereocenters. The number of aliphatic imine (C=N–C) groups is 1. The standard InChI is InChI=1S/C22H31N5O/c1-26-14-15-27(21(28)20(26)8-4-5-12-25-22(23)24)13-11-17-9-10-18-6-2-3-7-19(18)16-17/h2-3,6-7,9-10,16,20H,4-5,8,11-15H2,1H3,(H4,23,24,25)/t20-/m0/s1. The number of hydrogen-bond donors (Lipinski definition) is 2. The molecule has 1 aliphatic heterocycles.